The van der Waals surface area contributed by atoms with Crippen LogP contribution < -0.4 is 11.1 Å². The second kappa shape index (κ2) is 7.07. The summed E-state index contributed by atoms with van der Waals surface area (Å²) in [4.78, 5) is 16.8. The highest BCUT2D eigenvalue weighted by molar-refractivity contribution is 5.84. The molecular formula is C16H32N4O. The first-order valence-corrected chi connectivity index (χ1v) is 8.45. The van der Waals surface area contributed by atoms with E-state index in [0.29, 0.717) is 0 Å². The van der Waals surface area contributed by atoms with Crippen LogP contribution in [0.3, 0.4) is 0 Å². The molecule has 3 atom stereocenters. The zero-order valence-electron chi connectivity index (χ0n) is 13.9. The number of carbonyl (C=O) groups is 1. The van der Waals surface area contributed by atoms with Gasteiger partial charge >= 0.3 is 0 Å². The van der Waals surface area contributed by atoms with Crippen molar-refractivity contribution >= 4 is 5.91 Å². The number of hydrogen-bond acceptors (Lipinski definition) is 4. The van der Waals surface area contributed by atoms with Crippen molar-refractivity contribution in [2.24, 2.45) is 5.73 Å². The van der Waals surface area contributed by atoms with Crippen LogP contribution in [-0.2, 0) is 4.79 Å². The van der Waals surface area contributed by atoms with Gasteiger partial charge in [-0.2, -0.15) is 0 Å². The van der Waals surface area contributed by atoms with Crippen LogP contribution in [0, 0.1) is 0 Å². The average Bonchev–Trinajstić information content (AvgIpc) is 2.66. The lowest BCUT2D eigenvalue weighted by atomic mass is 9.94. The van der Waals surface area contributed by atoms with Crippen molar-refractivity contribution < 1.29 is 4.79 Å². The van der Waals surface area contributed by atoms with Crippen LogP contribution in [0.2, 0.25) is 0 Å². The van der Waals surface area contributed by atoms with E-state index in [2.05, 4.69) is 22.2 Å². The third-order valence-corrected chi connectivity index (χ3v) is 5.49. The Kier molecular flexibility index (Phi) is 5.63. The predicted octanol–water partition coefficient (Wildman–Crippen LogP) is 0.789. The van der Waals surface area contributed by atoms with Gasteiger partial charge in [0.1, 0.15) is 0 Å². The number of likely N-dealkylation sites (tertiary alicyclic amines) is 1. The normalized spacial score (nSPS) is 30.0. The van der Waals surface area contributed by atoms with Gasteiger partial charge in [-0.25, -0.2) is 0 Å². The van der Waals surface area contributed by atoms with Gasteiger partial charge in [-0.1, -0.05) is 6.92 Å². The Morgan fingerprint density at radius 1 is 1.33 bits per heavy atom. The molecule has 2 saturated heterocycles. The summed E-state index contributed by atoms with van der Waals surface area (Å²) >= 11 is 0. The smallest absolute Gasteiger partial charge is 0.237 e. The van der Waals surface area contributed by atoms with Crippen molar-refractivity contribution in [3.05, 3.63) is 0 Å². The topological polar surface area (TPSA) is 61.6 Å². The number of nitrogens with two attached hydrogens (primary N) is 1. The summed E-state index contributed by atoms with van der Waals surface area (Å²) in [7, 11) is 2.28. The highest BCUT2D eigenvalue weighted by Crippen LogP contribution is 2.28. The van der Waals surface area contributed by atoms with E-state index in [1.807, 2.05) is 13.8 Å². The molecule has 2 fully saturated rings. The van der Waals surface area contributed by atoms with Crippen LogP contribution >= 0.6 is 0 Å². The highest BCUT2D eigenvalue weighted by Gasteiger charge is 2.35. The lowest BCUT2D eigenvalue weighted by Gasteiger charge is -2.29. The molecule has 2 aliphatic heterocycles. The molecule has 2 heterocycles. The van der Waals surface area contributed by atoms with Crippen molar-refractivity contribution in [3.8, 4) is 0 Å². The van der Waals surface area contributed by atoms with Crippen LogP contribution in [0.5, 0.6) is 0 Å². The molecule has 5 nitrogen and oxygen atoms in total. The Hall–Kier alpha value is -0.650. The molecule has 5 heteroatoms. The summed E-state index contributed by atoms with van der Waals surface area (Å²) in [6.07, 6.45) is 5.83. The highest BCUT2D eigenvalue weighted by atomic mass is 16.1. The monoisotopic (exact) mass is 296 g/mol. The summed E-state index contributed by atoms with van der Waals surface area (Å²) in [5, 5.41) is 3.24. The number of likely N-dealkylation sites (N-methyl/N-ethyl adjacent to an activating group) is 2. The number of nitrogens with zero attached hydrogens (tertiary/aromatic N) is 2. The molecule has 1 amide bonds. The summed E-state index contributed by atoms with van der Waals surface area (Å²) in [5.41, 5.74) is 4.99. The van der Waals surface area contributed by atoms with E-state index in [-0.39, 0.29) is 5.91 Å². The molecule has 0 aromatic heterocycles. The Labute approximate surface area is 129 Å². The van der Waals surface area contributed by atoms with E-state index in [4.69, 9.17) is 5.73 Å². The Morgan fingerprint density at radius 2 is 2.05 bits per heavy atom. The van der Waals surface area contributed by atoms with Crippen LogP contribution in [0.25, 0.3) is 0 Å². The van der Waals surface area contributed by atoms with Crippen molar-refractivity contribution in [1.29, 1.82) is 0 Å². The zero-order valence-corrected chi connectivity index (χ0v) is 13.9. The van der Waals surface area contributed by atoms with Gasteiger partial charge in [-0.15, -0.1) is 0 Å². The second-order valence-corrected chi connectivity index (χ2v) is 6.97. The summed E-state index contributed by atoms with van der Waals surface area (Å²) in [6.45, 7) is 8.17. The van der Waals surface area contributed by atoms with E-state index in [1.165, 1.54) is 32.4 Å². The van der Waals surface area contributed by atoms with Gasteiger partial charge in [0.25, 0.3) is 0 Å². The van der Waals surface area contributed by atoms with E-state index in [9.17, 15) is 4.79 Å². The van der Waals surface area contributed by atoms with Gasteiger partial charge in [0.2, 0.25) is 5.91 Å². The SMILES string of the molecule is CCNC(C)(CCCN1CCC2CCC(C1)N2C)C(N)=O. The number of fused-ring (bicyclic) bond motifs is 2. The maximum absolute atomic E-state index is 11.6. The number of nitrogens with one attached hydrogen (secondary N) is 1. The van der Waals surface area contributed by atoms with Crippen molar-refractivity contribution in [2.45, 2.75) is 63.6 Å². The van der Waals surface area contributed by atoms with Crippen LogP contribution in [0.4, 0.5) is 0 Å². The van der Waals surface area contributed by atoms with Crippen LogP contribution in [-0.4, -0.2) is 66.6 Å². The van der Waals surface area contributed by atoms with E-state index in [0.717, 1.165) is 38.0 Å². The maximum atomic E-state index is 11.6. The summed E-state index contributed by atoms with van der Waals surface area (Å²) in [6, 6.07) is 1.52. The van der Waals surface area contributed by atoms with Gasteiger partial charge in [-0.3, -0.25) is 9.69 Å². The molecule has 21 heavy (non-hydrogen) atoms. The minimum Gasteiger partial charge on any atom is -0.368 e. The lowest BCUT2D eigenvalue weighted by molar-refractivity contribution is -0.124. The molecule has 2 rings (SSSR count). The quantitative estimate of drug-likeness (QED) is 0.729. The van der Waals surface area contributed by atoms with Crippen LogP contribution in [0.1, 0.15) is 46.0 Å². The van der Waals surface area contributed by atoms with Crippen molar-refractivity contribution in [2.75, 3.05) is 33.2 Å². The Morgan fingerprint density at radius 3 is 2.71 bits per heavy atom. The summed E-state index contributed by atoms with van der Waals surface area (Å²) < 4.78 is 0. The number of hydrogen-bond donors (Lipinski definition) is 2. The molecule has 0 aromatic carbocycles. The first kappa shape index (κ1) is 16.7. The summed E-state index contributed by atoms with van der Waals surface area (Å²) in [5.74, 6) is -0.237. The van der Waals surface area contributed by atoms with E-state index < -0.39 is 5.54 Å². The molecule has 0 aromatic rings. The third-order valence-electron chi connectivity index (χ3n) is 5.49. The fourth-order valence-electron chi connectivity index (χ4n) is 3.93. The van der Waals surface area contributed by atoms with E-state index >= 15 is 0 Å². The van der Waals surface area contributed by atoms with Gasteiger partial charge in [0.15, 0.2) is 0 Å². The molecule has 0 spiro atoms. The largest absolute Gasteiger partial charge is 0.368 e. The molecule has 0 radical (unpaired) electrons. The molecule has 3 N–H and O–H groups in total. The Balaban J connectivity index is 1.79. The number of rotatable bonds is 7. The molecule has 0 aliphatic carbocycles. The molecule has 0 saturated carbocycles. The van der Waals surface area contributed by atoms with Gasteiger partial charge in [-0.05, 0) is 65.7 Å². The lowest BCUT2D eigenvalue weighted by Crippen LogP contribution is -2.53. The molecule has 3 unspecified atom stereocenters. The van der Waals surface area contributed by atoms with E-state index in [1.54, 1.807) is 0 Å². The Bertz CT molecular complexity index is 362. The molecule has 2 aliphatic rings. The predicted molar refractivity (Wildman–Crippen MR) is 86.1 cm³/mol. The fourth-order valence-corrected chi connectivity index (χ4v) is 3.93. The average molecular weight is 296 g/mol. The first-order valence-electron chi connectivity index (χ1n) is 8.45. The van der Waals surface area contributed by atoms with Gasteiger partial charge < -0.3 is 16.0 Å². The zero-order chi connectivity index (χ0) is 15.5. The first-order chi connectivity index (χ1) is 9.96. The maximum Gasteiger partial charge on any atom is 0.237 e. The van der Waals surface area contributed by atoms with Gasteiger partial charge in [0, 0.05) is 18.6 Å². The molecule has 2 bridgehead atoms. The minimum absolute atomic E-state index is 0.237. The molecular weight excluding hydrogens is 264 g/mol. The second-order valence-electron chi connectivity index (χ2n) is 6.97. The minimum atomic E-state index is -0.559. The number of amides is 1. The molecule has 122 valence electrons. The number of primary amides is 1. The van der Waals surface area contributed by atoms with Crippen LogP contribution in [0.15, 0.2) is 0 Å². The standard InChI is InChI=1S/C16H32N4O/c1-4-18-16(2,15(17)21)9-5-10-20-11-8-13-6-7-14(12-20)19(13)3/h13-14,18H,4-12H2,1-3H3,(H2,17,21). The third kappa shape index (κ3) is 3.96. The van der Waals surface area contributed by atoms with Crippen molar-refractivity contribution in [3.63, 3.8) is 0 Å². The van der Waals surface area contributed by atoms with Crippen molar-refractivity contribution in [1.82, 2.24) is 15.1 Å². The fraction of sp³-hybridized carbons (Fsp3) is 0.938. The number of carbonyl (C=O) groups excluding carboxylic acids is 1. The van der Waals surface area contributed by atoms with Gasteiger partial charge in [0.05, 0.1) is 5.54 Å².